The van der Waals surface area contributed by atoms with Gasteiger partial charge in [0.05, 0.1) is 12.5 Å². The summed E-state index contributed by atoms with van der Waals surface area (Å²) < 4.78 is 4.81. The molecule has 0 spiro atoms. The van der Waals surface area contributed by atoms with Crippen LogP contribution in [0.1, 0.15) is 26.7 Å². The number of carbonyl (C=O) groups excluding carboxylic acids is 3. The van der Waals surface area contributed by atoms with E-state index < -0.39 is 5.97 Å². The largest absolute Gasteiger partial charge is 0.465 e. The second-order valence-corrected chi connectivity index (χ2v) is 4.80. The molecule has 0 radical (unpaired) electrons. The van der Waals surface area contributed by atoms with Gasteiger partial charge in [-0.1, -0.05) is 0 Å². The molecule has 1 heterocycles. The van der Waals surface area contributed by atoms with E-state index in [4.69, 9.17) is 4.74 Å². The fourth-order valence-electron chi connectivity index (χ4n) is 2.25. The van der Waals surface area contributed by atoms with E-state index in [1.54, 1.807) is 18.9 Å². The Morgan fingerprint density at radius 3 is 2.63 bits per heavy atom. The van der Waals surface area contributed by atoms with E-state index in [9.17, 15) is 14.4 Å². The number of piperidine rings is 1. The maximum Gasteiger partial charge on any atom is 0.325 e. The number of rotatable bonds is 4. The van der Waals surface area contributed by atoms with Crippen LogP contribution in [-0.2, 0) is 19.1 Å². The average molecular weight is 270 g/mol. The van der Waals surface area contributed by atoms with Gasteiger partial charge in [-0.2, -0.15) is 0 Å². The highest BCUT2D eigenvalue weighted by Crippen LogP contribution is 2.18. The predicted octanol–water partition coefficient (Wildman–Crippen LogP) is 0.266. The van der Waals surface area contributed by atoms with Crippen LogP contribution in [0.2, 0.25) is 0 Å². The third kappa shape index (κ3) is 4.54. The second-order valence-electron chi connectivity index (χ2n) is 4.80. The van der Waals surface area contributed by atoms with Crippen molar-refractivity contribution in [3.05, 3.63) is 0 Å². The summed E-state index contributed by atoms with van der Waals surface area (Å²) in [7, 11) is 1.59. The quantitative estimate of drug-likeness (QED) is 0.688. The van der Waals surface area contributed by atoms with E-state index in [1.165, 1.54) is 11.8 Å². The van der Waals surface area contributed by atoms with E-state index in [2.05, 4.69) is 0 Å². The molecule has 0 aliphatic carbocycles. The minimum atomic E-state index is -0.405. The lowest BCUT2D eigenvalue weighted by molar-refractivity contribution is -0.150. The summed E-state index contributed by atoms with van der Waals surface area (Å²) in [6.45, 7) is 4.66. The first kappa shape index (κ1) is 15.5. The van der Waals surface area contributed by atoms with Gasteiger partial charge in [-0.3, -0.25) is 14.4 Å². The summed E-state index contributed by atoms with van der Waals surface area (Å²) in [5, 5.41) is 0. The van der Waals surface area contributed by atoms with Gasteiger partial charge in [-0.25, -0.2) is 0 Å². The molecule has 108 valence electrons. The van der Waals surface area contributed by atoms with Crippen LogP contribution in [0.5, 0.6) is 0 Å². The zero-order valence-electron chi connectivity index (χ0n) is 11.8. The highest BCUT2D eigenvalue weighted by atomic mass is 16.5. The van der Waals surface area contributed by atoms with Gasteiger partial charge in [-0.15, -0.1) is 0 Å². The Hall–Kier alpha value is -1.59. The predicted molar refractivity (Wildman–Crippen MR) is 69.2 cm³/mol. The first-order valence-corrected chi connectivity index (χ1v) is 6.61. The van der Waals surface area contributed by atoms with Gasteiger partial charge in [0.1, 0.15) is 6.54 Å². The maximum absolute atomic E-state index is 12.2. The smallest absolute Gasteiger partial charge is 0.325 e. The highest BCUT2D eigenvalue weighted by Gasteiger charge is 2.29. The Labute approximate surface area is 113 Å². The molecule has 1 saturated heterocycles. The van der Waals surface area contributed by atoms with Crippen LogP contribution in [0.15, 0.2) is 0 Å². The van der Waals surface area contributed by atoms with Crippen molar-refractivity contribution in [2.75, 3.05) is 33.3 Å². The van der Waals surface area contributed by atoms with Gasteiger partial charge in [0, 0.05) is 27.1 Å². The molecule has 0 N–H and O–H groups in total. The number of hydrogen-bond acceptors (Lipinski definition) is 4. The number of likely N-dealkylation sites (tertiary alicyclic amines) is 1. The van der Waals surface area contributed by atoms with Crippen LogP contribution in [0, 0.1) is 5.92 Å². The van der Waals surface area contributed by atoms with Crippen LogP contribution in [0.3, 0.4) is 0 Å². The molecular weight excluding hydrogens is 248 g/mol. The minimum absolute atomic E-state index is 0.00875. The van der Waals surface area contributed by atoms with Crippen molar-refractivity contribution in [2.45, 2.75) is 26.7 Å². The molecule has 1 unspecified atom stereocenters. The summed E-state index contributed by atoms with van der Waals surface area (Å²) in [6.07, 6.45) is 1.58. The minimum Gasteiger partial charge on any atom is -0.465 e. The SMILES string of the molecule is CCOC(=O)CN(C)C(=O)C1CCCN(C(C)=O)C1. The molecule has 6 heteroatoms. The maximum atomic E-state index is 12.2. The topological polar surface area (TPSA) is 66.9 Å². The molecule has 2 amide bonds. The molecular formula is C13H22N2O4. The van der Waals surface area contributed by atoms with Crippen molar-refractivity contribution in [3.8, 4) is 0 Å². The lowest BCUT2D eigenvalue weighted by Crippen LogP contribution is -2.46. The molecule has 6 nitrogen and oxygen atoms in total. The third-order valence-corrected chi connectivity index (χ3v) is 3.26. The summed E-state index contributed by atoms with van der Waals surface area (Å²) in [6, 6.07) is 0. The zero-order chi connectivity index (χ0) is 14.4. The molecule has 1 aliphatic heterocycles. The van der Waals surface area contributed by atoms with Gasteiger partial charge >= 0.3 is 5.97 Å². The van der Waals surface area contributed by atoms with Crippen molar-refractivity contribution in [1.29, 1.82) is 0 Å². The number of nitrogens with zero attached hydrogens (tertiary/aromatic N) is 2. The number of ether oxygens (including phenoxy) is 1. The molecule has 0 aromatic carbocycles. The number of amides is 2. The van der Waals surface area contributed by atoms with Crippen molar-refractivity contribution in [1.82, 2.24) is 9.80 Å². The summed E-state index contributed by atoms with van der Waals surface area (Å²) in [4.78, 5) is 37.9. The summed E-state index contributed by atoms with van der Waals surface area (Å²) in [5.41, 5.74) is 0. The Kier molecular flexibility index (Phi) is 5.79. The number of carbonyl (C=O) groups is 3. The molecule has 0 aromatic rings. The lowest BCUT2D eigenvalue weighted by atomic mass is 9.96. The van der Waals surface area contributed by atoms with Crippen LogP contribution in [0.4, 0.5) is 0 Å². The van der Waals surface area contributed by atoms with Crippen LogP contribution in [-0.4, -0.2) is 60.9 Å². The Balaban J connectivity index is 2.51. The number of esters is 1. The van der Waals surface area contributed by atoms with Crippen molar-refractivity contribution < 1.29 is 19.1 Å². The number of likely N-dealkylation sites (N-methyl/N-ethyl adjacent to an activating group) is 1. The van der Waals surface area contributed by atoms with Gasteiger partial charge in [-0.05, 0) is 19.8 Å². The van der Waals surface area contributed by atoms with Crippen molar-refractivity contribution in [2.24, 2.45) is 5.92 Å². The number of hydrogen-bond donors (Lipinski definition) is 0. The Morgan fingerprint density at radius 1 is 1.37 bits per heavy atom. The van der Waals surface area contributed by atoms with E-state index in [-0.39, 0.29) is 24.3 Å². The molecule has 1 aliphatic rings. The molecule has 0 bridgehead atoms. The molecule has 0 saturated carbocycles. The van der Waals surface area contributed by atoms with Crippen molar-refractivity contribution in [3.63, 3.8) is 0 Å². The summed E-state index contributed by atoms with van der Waals surface area (Å²) in [5.74, 6) is -0.723. The van der Waals surface area contributed by atoms with Crippen LogP contribution >= 0.6 is 0 Å². The summed E-state index contributed by atoms with van der Waals surface area (Å²) >= 11 is 0. The van der Waals surface area contributed by atoms with E-state index in [0.29, 0.717) is 19.7 Å². The first-order valence-electron chi connectivity index (χ1n) is 6.61. The van der Waals surface area contributed by atoms with Gasteiger partial charge in [0.15, 0.2) is 0 Å². The van der Waals surface area contributed by atoms with Gasteiger partial charge in [0.25, 0.3) is 0 Å². The standard InChI is InChI=1S/C13H22N2O4/c1-4-19-12(17)9-14(3)13(18)11-6-5-7-15(8-11)10(2)16/h11H,4-9H2,1-3H3. The Morgan fingerprint density at radius 2 is 2.05 bits per heavy atom. The van der Waals surface area contributed by atoms with Gasteiger partial charge < -0.3 is 14.5 Å². The normalized spacial score (nSPS) is 18.9. The third-order valence-electron chi connectivity index (χ3n) is 3.26. The fourth-order valence-corrected chi connectivity index (χ4v) is 2.25. The molecule has 1 rings (SSSR count). The molecule has 19 heavy (non-hydrogen) atoms. The Bertz CT molecular complexity index is 357. The highest BCUT2D eigenvalue weighted by molar-refractivity contribution is 5.84. The van der Waals surface area contributed by atoms with Crippen LogP contribution in [0.25, 0.3) is 0 Å². The molecule has 1 atom stereocenters. The second kappa shape index (κ2) is 7.11. The molecule has 0 aromatic heterocycles. The monoisotopic (exact) mass is 270 g/mol. The van der Waals surface area contributed by atoms with Crippen LogP contribution < -0.4 is 0 Å². The average Bonchev–Trinajstić information content (AvgIpc) is 2.38. The molecule has 1 fully saturated rings. The van der Waals surface area contributed by atoms with Crippen molar-refractivity contribution >= 4 is 17.8 Å². The lowest BCUT2D eigenvalue weighted by Gasteiger charge is -2.33. The fraction of sp³-hybridized carbons (Fsp3) is 0.769. The zero-order valence-corrected chi connectivity index (χ0v) is 11.8. The first-order chi connectivity index (χ1) is 8.95. The van der Waals surface area contributed by atoms with Gasteiger partial charge in [0.2, 0.25) is 11.8 Å². The van der Waals surface area contributed by atoms with E-state index in [1.807, 2.05) is 0 Å². The van der Waals surface area contributed by atoms with E-state index >= 15 is 0 Å². The van der Waals surface area contributed by atoms with E-state index in [0.717, 1.165) is 12.8 Å².